The van der Waals surface area contributed by atoms with E-state index in [1.165, 1.54) is 24.9 Å². The van der Waals surface area contributed by atoms with Gasteiger partial charge in [0.25, 0.3) is 0 Å². The molecule has 1 aliphatic rings. The summed E-state index contributed by atoms with van der Waals surface area (Å²) in [4.78, 5) is 2.52. The average Bonchev–Trinajstić information content (AvgIpc) is 2.79. The van der Waals surface area contributed by atoms with E-state index in [1.54, 1.807) is 0 Å². The van der Waals surface area contributed by atoms with Crippen LogP contribution in [0.15, 0.2) is 12.4 Å². The first-order valence-corrected chi connectivity index (χ1v) is 7.17. The fraction of sp³-hybridized carbons (Fsp3) is 0.786. The molecule has 0 aromatic carbocycles. The fourth-order valence-electron chi connectivity index (χ4n) is 2.88. The Kier molecular flexibility index (Phi) is 4.40. The van der Waals surface area contributed by atoms with Crippen LogP contribution in [-0.2, 0) is 0 Å². The van der Waals surface area contributed by atoms with Gasteiger partial charge in [-0.05, 0) is 46.2 Å². The second-order valence-electron chi connectivity index (χ2n) is 5.63. The summed E-state index contributed by atoms with van der Waals surface area (Å²) in [5.74, 6) is 0. The van der Waals surface area contributed by atoms with E-state index >= 15 is 0 Å². The van der Waals surface area contributed by atoms with Crippen LogP contribution >= 0.6 is 0 Å². The van der Waals surface area contributed by atoms with Crippen LogP contribution in [0.1, 0.15) is 57.7 Å². The Balaban J connectivity index is 2.19. The molecule has 18 heavy (non-hydrogen) atoms. The largest absolute Gasteiger partial charge is 0.326 e. The van der Waals surface area contributed by atoms with Crippen LogP contribution in [0.5, 0.6) is 0 Å². The number of hydrogen-bond donors (Lipinski definition) is 1. The van der Waals surface area contributed by atoms with Crippen molar-refractivity contribution in [2.24, 2.45) is 5.73 Å². The smallest absolute Gasteiger partial charge is 0.0538 e. The zero-order chi connectivity index (χ0) is 13.1. The van der Waals surface area contributed by atoms with Gasteiger partial charge in [0.15, 0.2) is 0 Å². The molecule has 2 N–H and O–H groups in total. The maximum absolute atomic E-state index is 6.34. The summed E-state index contributed by atoms with van der Waals surface area (Å²) in [6.07, 6.45) is 7.69. The Hall–Kier alpha value is -0.870. The van der Waals surface area contributed by atoms with Crippen LogP contribution in [0.2, 0.25) is 0 Å². The van der Waals surface area contributed by atoms with E-state index in [-0.39, 0.29) is 6.04 Å². The molecule has 4 heteroatoms. The lowest BCUT2D eigenvalue weighted by Crippen LogP contribution is -2.46. The molecule has 2 atom stereocenters. The molecule has 2 heterocycles. The molecule has 0 spiro atoms. The lowest BCUT2D eigenvalue weighted by molar-refractivity contribution is 0.128. The summed E-state index contributed by atoms with van der Waals surface area (Å²) in [6, 6.07) is 1.01. The van der Waals surface area contributed by atoms with Crippen molar-refractivity contribution >= 4 is 0 Å². The Bertz CT molecular complexity index is 370. The average molecular weight is 250 g/mol. The third-order valence-corrected chi connectivity index (χ3v) is 3.78. The van der Waals surface area contributed by atoms with Gasteiger partial charge < -0.3 is 5.73 Å². The van der Waals surface area contributed by atoms with Gasteiger partial charge in [0.1, 0.15) is 0 Å². The maximum atomic E-state index is 6.34. The van der Waals surface area contributed by atoms with Crippen molar-refractivity contribution in [1.29, 1.82) is 0 Å². The molecule has 1 fully saturated rings. The lowest BCUT2D eigenvalue weighted by Gasteiger charge is -2.39. The number of hydrogen-bond acceptors (Lipinski definition) is 3. The fourth-order valence-corrected chi connectivity index (χ4v) is 2.88. The van der Waals surface area contributed by atoms with Crippen LogP contribution in [0, 0.1) is 0 Å². The van der Waals surface area contributed by atoms with Crippen LogP contribution in [0.3, 0.4) is 0 Å². The minimum absolute atomic E-state index is 0.245. The molecular formula is C14H26N4. The number of likely N-dealkylation sites (tertiary alicyclic amines) is 1. The van der Waals surface area contributed by atoms with E-state index in [1.807, 2.05) is 10.9 Å². The molecule has 1 aliphatic heterocycles. The van der Waals surface area contributed by atoms with Crippen molar-refractivity contribution < 1.29 is 0 Å². The SMILES string of the molecule is CCCN1CCCC(N)C1c1cnn(C(C)C)c1. The molecule has 0 radical (unpaired) electrons. The summed E-state index contributed by atoms with van der Waals surface area (Å²) in [5.41, 5.74) is 7.62. The highest BCUT2D eigenvalue weighted by Gasteiger charge is 2.30. The minimum atomic E-state index is 0.245. The predicted molar refractivity (Wildman–Crippen MR) is 74.4 cm³/mol. The number of rotatable bonds is 4. The Morgan fingerprint density at radius 3 is 2.89 bits per heavy atom. The Morgan fingerprint density at radius 1 is 1.50 bits per heavy atom. The van der Waals surface area contributed by atoms with Crippen LogP contribution in [-0.4, -0.2) is 33.8 Å². The molecule has 2 rings (SSSR count). The van der Waals surface area contributed by atoms with Gasteiger partial charge >= 0.3 is 0 Å². The van der Waals surface area contributed by atoms with Gasteiger partial charge in [-0.15, -0.1) is 0 Å². The van der Waals surface area contributed by atoms with Crippen molar-refractivity contribution in [2.75, 3.05) is 13.1 Å². The molecule has 0 amide bonds. The van der Waals surface area contributed by atoms with Gasteiger partial charge in [-0.25, -0.2) is 0 Å². The highest BCUT2D eigenvalue weighted by Crippen LogP contribution is 2.30. The molecule has 102 valence electrons. The van der Waals surface area contributed by atoms with Crippen molar-refractivity contribution in [3.8, 4) is 0 Å². The van der Waals surface area contributed by atoms with Gasteiger partial charge in [-0.1, -0.05) is 6.92 Å². The second kappa shape index (κ2) is 5.85. The molecule has 1 aromatic heterocycles. The van der Waals surface area contributed by atoms with E-state index in [4.69, 9.17) is 5.73 Å². The monoisotopic (exact) mass is 250 g/mol. The first-order chi connectivity index (χ1) is 8.63. The summed E-state index contributed by atoms with van der Waals surface area (Å²) < 4.78 is 2.03. The third-order valence-electron chi connectivity index (χ3n) is 3.78. The molecule has 2 unspecified atom stereocenters. The number of aromatic nitrogens is 2. The van der Waals surface area contributed by atoms with E-state index in [0.717, 1.165) is 13.0 Å². The van der Waals surface area contributed by atoms with Gasteiger partial charge in [-0.3, -0.25) is 9.58 Å². The zero-order valence-electron chi connectivity index (χ0n) is 11.8. The summed E-state index contributed by atoms with van der Waals surface area (Å²) in [5, 5.41) is 4.45. The molecule has 0 aliphatic carbocycles. The topological polar surface area (TPSA) is 47.1 Å². The van der Waals surface area contributed by atoms with Gasteiger partial charge in [0.2, 0.25) is 0 Å². The summed E-state index contributed by atoms with van der Waals surface area (Å²) in [7, 11) is 0. The van der Waals surface area contributed by atoms with E-state index in [9.17, 15) is 0 Å². The van der Waals surface area contributed by atoms with Crippen molar-refractivity contribution in [2.45, 2.75) is 58.2 Å². The van der Waals surface area contributed by atoms with Crippen LogP contribution in [0.4, 0.5) is 0 Å². The minimum Gasteiger partial charge on any atom is -0.326 e. The first-order valence-electron chi connectivity index (χ1n) is 7.17. The molecule has 4 nitrogen and oxygen atoms in total. The third kappa shape index (κ3) is 2.75. The Labute approximate surface area is 110 Å². The normalized spacial score (nSPS) is 25.8. The second-order valence-corrected chi connectivity index (χ2v) is 5.63. The number of nitrogens with zero attached hydrogens (tertiary/aromatic N) is 3. The predicted octanol–water partition coefficient (Wildman–Crippen LogP) is 2.34. The van der Waals surface area contributed by atoms with Crippen molar-refractivity contribution in [1.82, 2.24) is 14.7 Å². The molecule has 1 aromatic rings. The number of piperidine rings is 1. The molecule has 1 saturated heterocycles. The van der Waals surface area contributed by atoms with E-state index < -0.39 is 0 Å². The highest BCUT2D eigenvalue weighted by atomic mass is 15.3. The van der Waals surface area contributed by atoms with E-state index in [2.05, 4.69) is 37.0 Å². The zero-order valence-corrected chi connectivity index (χ0v) is 11.8. The van der Waals surface area contributed by atoms with Crippen molar-refractivity contribution in [3.63, 3.8) is 0 Å². The number of nitrogens with two attached hydrogens (primary N) is 1. The lowest BCUT2D eigenvalue weighted by atomic mass is 9.92. The molecular weight excluding hydrogens is 224 g/mol. The summed E-state index contributed by atoms with van der Waals surface area (Å²) in [6.45, 7) is 8.84. The van der Waals surface area contributed by atoms with Crippen LogP contribution in [0.25, 0.3) is 0 Å². The first kappa shape index (κ1) is 13.6. The highest BCUT2D eigenvalue weighted by molar-refractivity contribution is 5.15. The molecule has 0 bridgehead atoms. The maximum Gasteiger partial charge on any atom is 0.0538 e. The van der Waals surface area contributed by atoms with Gasteiger partial charge in [0.05, 0.1) is 12.2 Å². The molecule has 0 saturated carbocycles. The summed E-state index contributed by atoms with van der Waals surface area (Å²) >= 11 is 0. The van der Waals surface area contributed by atoms with Gasteiger partial charge in [-0.2, -0.15) is 5.10 Å². The van der Waals surface area contributed by atoms with Crippen LogP contribution < -0.4 is 5.73 Å². The Morgan fingerprint density at radius 2 is 2.28 bits per heavy atom. The van der Waals surface area contributed by atoms with E-state index in [0.29, 0.717) is 12.1 Å². The van der Waals surface area contributed by atoms with Gasteiger partial charge in [0, 0.05) is 23.8 Å². The standard InChI is InChI=1S/C14H26N4/c1-4-7-17-8-5-6-13(15)14(17)12-9-16-18(10-12)11(2)3/h9-11,13-14H,4-8,15H2,1-3H3. The van der Waals surface area contributed by atoms with Crippen molar-refractivity contribution in [3.05, 3.63) is 18.0 Å². The quantitative estimate of drug-likeness (QED) is 0.892.